The van der Waals surface area contributed by atoms with Crippen LogP contribution in [0, 0.1) is 19.8 Å². The standard InChI is InChI=1S/C23H26N2O4/c1-14(2)29-23(28)17-8-10-19(11-9-17)24-22(27)18-12-21(26)25(13-18)20-7-5-6-15(3)16(20)4/h5-11,14,18H,12-13H2,1-4H3,(H,24,27)/t18-/m1/s1. The van der Waals surface area contributed by atoms with Gasteiger partial charge in [-0.15, -0.1) is 0 Å². The molecule has 6 nitrogen and oxygen atoms in total. The molecular formula is C23H26N2O4. The molecule has 1 aliphatic heterocycles. The van der Waals surface area contributed by atoms with Crippen molar-refractivity contribution in [3.8, 4) is 0 Å². The van der Waals surface area contributed by atoms with Crippen LogP contribution in [0.1, 0.15) is 41.8 Å². The maximum Gasteiger partial charge on any atom is 0.338 e. The number of hydrogen-bond acceptors (Lipinski definition) is 4. The molecule has 2 aromatic carbocycles. The van der Waals surface area contributed by atoms with E-state index in [4.69, 9.17) is 4.74 Å². The molecule has 152 valence electrons. The first-order valence-corrected chi connectivity index (χ1v) is 9.74. The van der Waals surface area contributed by atoms with Crippen LogP contribution in [-0.4, -0.2) is 30.4 Å². The van der Waals surface area contributed by atoms with Crippen LogP contribution in [0.2, 0.25) is 0 Å². The molecule has 1 heterocycles. The molecule has 1 N–H and O–H groups in total. The summed E-state index contributed by atoms with van der Waals surface area (Å²) in [6.45, 7) is 7.92. The number of amides is 2. The molecule has 0 bridgehead atoms. The van der Waals surface area contributed by atoms with Crippen LogP contribution >= 0.6 is 0 Å². The molecule has 0 spiro atoms. The molecule has 1 atom stereocenters. The van der Waals surface area contributed by atoms with Crippen LogP contribution in [0.25, 0.3) is 0 Å². The van der Waals surface area contributed by atoms with E-state index in [0.717, 1.165) is 16.8 Å². The average molecular weight is 394 g/mol. The van der Waals surface area contributed by atoms with Crippen LogP contribution in [0.5, 0.6) is 0 Å². The highest BCUT2D eigenvalue weighted by Crippen LogP contribution is 2.30. The van der Waals surface area contributed by atoms with Crippen molar-refractivity contribution in [1.29, 1.82) is 0 Å². The molecule has 0 aliphatic carbocycles. The lowest BCUT2D eigenvalue weighted by Crippen LogP contribution is -2.28. The Hall–Kier alpha value is -3.15. The fourth-order valence-corrected chi connectivity index (χ4v) is 3.36. The van der Waals surface area contributed by atoms with E-state index in [-0.39, 0.29) is 24.3 Å². The number of anilines is 2. The molecule has 1 fully saturated rings. The first-order chi connectivity index (χ1) is 13.8. The van der Waals surface area contributed by atoms with Crippen molar-refractivity contribution in [3.63, 3.8) is 0 Å². The molecule has 1 aliphatic rings. The molecule has 2 aromatic rings. The Morgan fingerprint density at radius 3 is 2.45 bits per heavy atom. The van der Waals surface area contributed by atoms with Gasteiger partial charge in [-0.05, 0) is 69.2 Å². The Kier molecular flexibility index (Phi) is 6.01. The van der Waals surface area contributed by atoms with Crippen molar-refractivity contribution in [2.45, 2.75) is 40.2 Å². The second-order valence-electron chi connectivity index (χ2n) is 7.65. The van der Waals surface area contributed by atoms with E-state index in [1.165, 1.54) is 0 Å². The lowest BCUT2D eigenvalue weighted by molar-refractivity contribution is -0.122. The van der Waals surface area contributed by atoms with Gasteiger partial charge in [0.2, 0.25) is 11.8 Å². The predicted octanol–water partition coefficient (Wildman–Crippen LogP) is 3.86. The van der Waals surface area contributed by atoms with Crippen LogP contribution in [0.3, 0.4) is 0 Å². The van der Waals surface area contributed by atoms with Crippen molar-refractivity contribution in [3.05, 3.63) is 59.2 Å². The molecule has 2 amide bonds. The van der Waals surface area contributed by atoms with E-state index in [0.29, 0.717) is 17.8 Å². The minimum absolute atomic E-state index is 0.0503. The summed E-state index contributed by atoms with van der Waals surface area (Å²) in [7, 11) is 0. The summed E-state index contributed by atoms with van der Waals surface area (Å²) >= 11 is 0. The van der Waals surface area contributed by atoms with E-state index in [1.54, 1.807) is 43.0 Å². The summed E-state index contributed by atoms with van der Waals surface area (Å²) in [5, 5.41) is 2.84. The fraction of sp³-hybridized carbons (Fsp3) is 0.348. The van der Waals surface area contributed by atoms with Gasteiger partial charge in [0.1, 0.15) is 0 Å². The zero-order valence-corrected chi connectivity index (χ0v) is 17.2. The highest BCUT2D eigenvalue weighted by Gasteiger charge is 2.35. The van der Waals surface area contributed by atoms with Crippen molar-refractivity contribution in [1.82, 2.24) is 0 Å². The third-order valence-corrected chi connectivity index (χ3v) is 5.09. The Balaban J connectivity index is 1.65. The lowest BCUT2D eigenvalue weighted by Gasteiger charge is -2.20. The maximum atomic E-state index is 12.7. The highest BCUT2D eigenvalue weighted by atomic mass is 16.5. The van der Waals surface area contributed by atoms with Gasteiger partial charge in [0.15, 0.2) is 0 Å². The Bertz CT molecular complexity index is 934. The number of ether oxygens (including phenoxy) is 1. The normalized spacial score (nSPS) is 16.2. The number of carbonyl (C=O) groups excluding carboxylic acids is 3. The van der Waals surface area contributed by atoms with Crippen molar-refractivity contribution < 1.29 is 19.1 Å². The minimum atomic E-state index is -0.423. The van der Waals surface area contributed by atoms with Gasteiger partial charge in [0.25, 0.3) is 0 Å². The molecule has 29 heavy (non-hydrogen) atoms. The Morgan fingerprint density at radius 2 is 1.79 bits per heavy atom. The fourth-order valence-electron chi connectivity index (χ4n) is 3.36. The van der Waals surface area contributed by atoms with Crippen molar-refractivity contribution in [2.75, 3.05) is 16.8 Å². The quantitative estimate of drug-likeness (QED) is 0.782. The molecule has 3 rings (SSSR count). The van der Waals surface area contributed by atoms with Gasteiger partial charge >= 0.3 is 5.97 Å². The number of benzene rings is 2. The van der Waals surface area contributed by atoms with Gasteiger partial charge in [-0.2, -0.15) is 0 Å². The number of carbonyl (C=O) groups is 3. The number of aryl methyl sites for hydroxylation is 1. The largest absolute Gasteiger partial charge is 0.459 e. The molecule has 1 saturated heterocycles. The van der Waals surface area contributed by atoms with Crippen LogP contribution in [0.4, 0.5) is 11.4 Å². The first-order valence-electron chi connectivity index (χ1n) is 9.74. The smallest absolute Gasteiger partial charge is 0.338 e. The van der Waals surface area contributed by atoms with Crippen LogP contribution < -0.4 is 10.2 Å². The second kappa shape index (κ2) is 8.47. The van der Waals surface area contributed by atoms with E-state index in [1.807, 2.05) is 32.0 Å². The molecule has 0 aromatic heterocycles. The van der Waals surface area contributed by atoms with Crippen LogP contribution in [-0.2, 0) is 14.3 Å². The zero-order chi connectivity index (χ0) is 21.1. The monoisotopic (exact) mass is 394 g/mol. The zero-order valence-electron chi connectivity index (χ0n) is 17.2. The number of esters is 1. The van der Waals surface area contributed by atoms with Crippen molar-refractivity contribution in [2.24, 2.45) is 5.92 Å². The van der Waals surface area contributed by atoms with Gasteiger partial charge in [-0.3, -0.25) is 9.59 Å². The Labute approximate surface area is 170 Å². The number of nitrogens with one attached hydrogen (secondary N) is 1. The summed E-state index contributed by atoms with van der Waals surface area (Å²) in [6.07, 6.45) is -0.0142. The van der Waals surface area contributed by atoms with Gasteiger partial charge < -0.3 is 15.0 Å². The van der Waals surface area contributed by atoms with Gasteiger partial charge in [0, 0.05) is 24.3 Å². The Morgan fingerprint density at radius 1 is 1.10 bits per heavy atom. The number of hydrogen-bond donors (Lipinski definition) is 1. The van der Waals surface area contributed by atoms with E-state index in [2.05, 4.69) is 5.32 Å². The second-order valence-corrected chi connectivity index (χ2v) is 7.65. The summed E-state index contributed by atoms with van der Waals surface area (Å²) in [6, 6.07) is 12.4. The first kappa shape index (κ1) is 20.6. The molecule has 0 radical (unpaired) electrons. The van der Waals surface area contributed by atoms with Gasteiger partial charge in [-0.1, -0.05) is 12.1 Å². The van der Waals surface area contributed by atoms with Gasteiger partial charge in [-0.25, -0.2) is 4.79 Å². The highest BCUT2D eigenvalue weighted by molar-refractivity contribution is 6.04. The molecule has 0 saturated carbocycles. The maximum absolute atomic E-state index is 12.7. The topological polar surface area (TPSA) is 75.7 Å². The molecule has 0 unspecified atom stereocenters. The van der Waals surface area contributed by atoms with Crippen LogP contribution in [0.15, 0.2) is 42.5 Å². The van der Waals surface area contributed by atoms with Crippen molar-refractivity contribution >= 4 is 29.2 Å². The SMILES string of the molecule is Cc1cccc(N2C[C@H](C(=O)Nc3ccc(C(=O)OC(C)C)cc3)CC2=O)c1C. The summed E-state index contributed by atoms with van der Waals surface area (Å²) in [5.41, 5.74) is 4.02. The minimum Gasteiger partial charge on any atom is -0.459 e. The molecule has 6 heteroatoms. The lowest BCUT2D eigenvalue weighted by atomic mass is 10.1. The predicted molar refractivity (Wildman–Crippen MR) is 112 cm³/mol. The third-order valence-electron chi connectivity index (χ3n) is 5.09. The van der Waals surface area contributed by atoms with E-state index < -0.39 is 11.9 Å². The summed E-state index contributed by atoms with van der Waals surface area (Å²) < 4.78 is 5.15. The molecular weight excluding hydrogens is 368 g/mol. The van der Waals surface area contributed by atoms with E-state index in [9.17, 15) is 14.4 Å². The van der Waals surface area contributed by atoms with Gasteiger partial charge in [0.05, 0.1) is 17.6 Å². The summed E-state index contributed by atoms with van der Waals surface area (Å²) in [4.78, 5) is 38.8. The number of rotatable bonds is 5. The van der Waals surface area contributed by atoms with E-state index >= 15 is 0 Å². The third kappa shape index (κ3) is 4.65. The number of nitrogens with zero attached hydrogens (tertiary/aromatic N) is 1. The average Bonchev–Trinajstić information content (AvgIpc) is 3.05. The summed E-state index contributed by atoms with van der Waals surface area (Å²) in [5.74, 6) is -1.08.